The van der Waals surface area contributed by atoms with Gasteiger partial charge in [0.2, 0.25) is 0 Å². The highest BCUT2D eigenvalue weighted by Crippen LogP contribution is 2.08. The normalized spacial score (nSPS) is 15.8. The predicted molar refractivity (Wildman–Crippen MR) is 94.1 cm³/mol. The van der Waals surface area contributed by atoms with Gasteiger partial charge in [-0.2, -0.15) is 0 Å². The van der Waals surface area contributed by atoms with Crippen LogP contribution in [0.25, 0.3) is 0 Å². The maximum absolute atomic E-state index is 10.4. The van der Waals surface area contributed by atoms with Crippen LogP contribution in [0.4, 0.5) is 0 Å². The van der Waals surface area contributed by atoms with Crippen LogP contribution in [-0.4, -0.2) is 32.1 Å². The van der Waals surface area contributed by atoms with Crippen LogP contribution in [0.1, 0.15) is 24.5 Å². The third-order valence-corrected chi connectivity index (χ3v) is 5.24. The van der Waals surface area contributed by atoms with Crippen LogP contribution in [0, 0.1) is 6.92 Å². The average Bonchev–Trinajstić information content (AvgIpc) is 2.46. The Bertz CT molecular complexity index is 723. The monoisotopic (exact) mass is 347 g/mol. The summed E-state index contributed by atoms with van der Waals surface area (Å²) >= 11 is 0. The molecule has 1 saturated heterocycles. The van der Waals surface area contributed by atoms with E-state index in [9.17, 15) is 13.0 Å². The van der Waals surface area contributed by atoms with Crippen LogP contribution in [0.5, 0.6) is 0 Å². The van der Waals surface area contributed by atoms with E-state index in [-0.39, 0.29) is 4.90 Å². The second-order valence-electron chi connectivity index (χ2n) is 6.37. The van der Waals surface area contributed by atoms with E-state index in [0.29, 0.717) is 0 Å². The third kappa shape index (κ3) is 5.74. The number of nitrogens with one attached hydrogen (secondary N) is 1. The second kappa shape index (κ2) is 8.42. The van der Waals surface area contributed by atoms with Crippen molar-refractivity contribution in [1.29, 1.82) is 0 Å². The van der Waals surface area contributed by atoms with E-state index in [4.69, 9.17) is 0 Å². The van der Waals surface area contributed by atoms with E-state index >= 15 is 0 Å². The first kappa shape index (κ1) is 18.6. The maximum atomic E-state index is 10.4. The minimum atomic E-state index is -4.27. The summed E-state index contributed by atoms with van der Waals surface area (Å²) in [6.07, 6.45) is 2.66. The first-order valence-corrected chi connectivity index (χ1v) is 9.68. The number of likely N-dealkylation sites (tertiary alicyclic amines) is 1. The van der Waals surface area contributed by atoms with Crippen LogP contribution >= 0.6 is 0 Å². The molecule has 1 atom stereocenters. The molecule has 1 fully saturated rings. The number of benzene rings is 2. The van der Waals surface area contributed by atoms with Crippen molar-refractivity contribution in [3.63, 3.8) is 0 Å². The third-order valence-electron chi connectivity index (χ3n) is 4.39. The molecule has 24 heavy (non-hydrogen) atoms. The zero-order valence-corrected chi connectivity index (χ0v) is 15.1. The lowest BCUT2D eigenvalue weighted by Crippen LogP contribution is -3.21. The van der Waals surface area contributed by atoms with Gasteiger partial charge in [-0.05, 0) is 31.5 Å². The zero-order chi connectivity index (χ0) is 17.6. The molecular weight excluding hydrogens is 322 g/mol. The molecule has 2 aromatic rings. The number of aryl methyl sites for hydroxylation is 1. The molecule has 0 aromatic heterocycles. The van der Waals surface area contributed by atoms with Crippen molar-refractivity contribution in [1.82, 2.24) is 0 Å². The van der Waals surface area contributed by atoms with Gasteiger partial charge in [-0.25, -0.2) is 8.42 Å². The SMILES string of the molecule is CC(Cc1ccccc1)[NH+]1CCC1.Cc1ccc(S(=O)(=O)[O-])cc1. The Morgan fingerprint density at radius 2 is 1.62 bits per heavy atom. The predicted octanol–water partition coefficient (Wildman–Crippen LogP) is 1.81. The van der Waals surface area contributed by atoms with Gasteiger partial charge in [0.05, 0.1) is 24.0 Å². The van der Waals surface area contributed by atoms with Gasteiger partial charge in [0.1, 0.15) is 10.1 Å². The molecule has 0 radical (unpaired) electrons. The van der Waals surface area contributed by atoms with E-state index < -0.39 is 10.1 Å². The molecule has 0 amide bonds. The van der Waals surface area contributed by atoms with Crippen molar-refractivity contribution < 1.29 is 17.9 Å². The summed E-state index contributed by atoms with van der Waals surface area (Å²) in [5.41, 5.74) is 2.41. The van der Waals surface area contributed by atoms with E-state index in [1.165, 1.54) is 43.6 Å². The smallest absolute Gasteiger partial charge is 0.124 e. The van der Waals surface area contributed by atoms with E-state index in [1.807, 2.05) is 6.92 Å². The van der Waals surface area contributed by atoms with Gasteiger partial charge in [0.15, 0.2) is 0 Å². The molecule has 2 aromatic carbocycles. The quantitative estimate of drug-likeness (QED) is 0.858. The Morgan fingerprint density at radius 3 is 2.08 bits per heavy atom. The lowest BCUT2D eigenvalue weighted by molar-refractivity contribution is -0.960. The average molecular weight is 347 g/mol. The minimum absolute atomic E-state index is 0.178. The fourth-order valence-corrected chi connectivity index (χ4v) is 3.16. The van der Waals surface area contributed by atoms with Gasteiger partial charge in [-0.15, -0.1) is 0 Å². The highest BCUT2D eigenvalue weighted by molar-refractivity contribution is 7.85. The highest BCUT2D eigenvalue weighted by Gasteiger charge is 2.24. The molecule has 0 spiro atoms. The van der Waals surface area contributed by atoms with Crippen molar-refractivity contribution in [2.75, 3.05) is 13.1 Å². The molecule has 4 nitrogen and oxygen atoms in total. The molecule has 130 valence electrons. The van der Waals surface area contributed by atoms with Crippen LogP contribution in [-0.2, 0) is 16.5 Å². The van der Waals surface area contributed by atoms with Gasteiger partial charge >= 0.3 is 0 Å². The lowest BCUT2D eigenvalue weighted by Gasteiger charge is -2.32. The molecule has 1 N–H and O–H groups in total. The molecule has 5 heteroatoms. The fourth-order valence-electron chi connectivity index (χ4n) is 2.69. The summed E-state index contributed by atoms with van der Waals surface area (Å²) < 4.78 is 31.2. The zero-order valence-electron chi connectivity index (χ0n) is 14.2. The van der Waals surface area contributed by atoms with Gasteiger partial charge in [-0.1, -0.05) is 48.0 Å². The van der Waals surface area contributed by atoms with Crippen LogP contribution in [0.3, 0.4) is 0 Å². The number of rotatable bonds is 4. The van der Waals surface area contributed by atoms with E-state index in [1.54, 1.807) is 17.0 Å². The molecule has 1 aliphatic rings. The number of hydrogen-bond acceptors (Lipinski definition) is 3. The lowest BCUT2D eigenvalue weighted by atomic mass is 10.0. The van der Waals surface area contributed by atoms with E-state index in [2.05, 4.69) is 37.3 Å². The molecule has 0 bridgehead atoms. The summed E-state index contributed by atoms with van der Waals surface area (Å²) in [4.78, 5) is 1.60. The Kier molecular flexibility index (Phi) is 6.54. The summed E-state index contributed by atoms with van der Waals surface area (Å²) in [6.45, 7) is 6.95. The van der Waals surface area contributed by atoms with Crippen LogP contribution < -0.4 is 4.90 Å². The standard InChI is InChI=1S/C12H17N.C7H8O3S/c1-11(13-8-5-9-13)10-12-6-3-2-4-7-12;1-6-2-4-7(5-3-6)11(8,9)10/h2-4,6-7,11H,5,8-10H2,1H3;2-5H,1H3,(H,8,9,10). The summed E-state index contributed by atoms with van der Waals surface area (Å²) in [7, 11) is -4.27. The van der Waals surface area contributed by atoms with Gasteiger partial charge in [0.25, 0.3) is 0 Å². The maximum Gasteiger partial charge on any atom is 0.124 e. The van der Waals surface area contributed by atoms with Crippen molar-refractivity contribution in [2.45, 2.75) is 37.6 Å². The van der Waals surface area contributed by atoms with Crippen molar-refractivity contribution in [3.8, 4) is 0 Å². The van der Waals surface area contributed by atoms with Gasteiger partial charge in [-0.3, -0.25) is 0 Å². The largest absolute Gasteiger partial charge is 0.744 e. The van der Waals surface area contributed by atoms with Crippen LogP contribution in [0.15, 0.2) is 59.5 Å². The summed E-state index contributed by atoms with van der Waals surface area (Å²) in [6, 6.07) is 17.4. The summed E-state index contributed by atoms with van der Waals surface area (Å²) in [5, 5.41) is 0. The van der Waals surface area contributed by atoms with Gasteiger partial charge < -0.3 is 9.45 Å². The highest BCUT2D eigenvalue weighted by atomic mass is 32.2. The first-order valence-electron chi connectivity index (χ1n) is 8.27. The molecular formula is C19H25NO3S. The van der Waals surface area contributed by atoms with E-state index in [0.717, 1.165) is 11.6 Å². The Morgan fingerprint density at radius 1 is 1.04 bits per heavy atom. The van der Waals surface area contributed by atoms with Crippen molar-refractivity contribution in [3.05, 3.63) is 65.7 Å². The molecule has 1 heterocycles. The number of quaternary nitrogens is 1. The van der Waals surface area contributed by atoms with Gasteiger partial charge in [0, 0.05) is 12.8 Å². The topological polar surface area (TPSA) is 61.6 Å². The summed E-state index contributed by atoms with van der Waals surface area (Å²) in [5.74, 6) is 0. The molecule has 0 aliphatic carbocycles. The van der Waals surface area contributed by atoms with Crippen LogP contribution in [0.2, 0.25) is 0 Å². The number of hydrogen-bond donors (Lipinski definition) is 1. The fraction of sp³-hybridized carbons (Fsp3) is 0.368. The van der Waals surface area contributed by atoms with Crippen molar-refractivity contribution >= 4 is 10.1 Å². The molecule has 1 unspecified atom stereocenters. The molecule has 3 rings (SSSR count). The Labute approximate surface area is 144 Å². The first-order chi connectivity index (χ1) is 11.4. The minimum Gasteiger partial charge on any atom is -0.744 e. The molecule has 1 aliphatic heterocycles. The second-order valence-corrected chi connectivity index (χ2v) is 7.75. The Balaban J connectivity index is 0.000000177. The molecule has 0 saturated carbocycles. The Hall–Kier alpha value is -1.69. The van der Waals surface area contributed by atoms with Crippen molar-refractivity contribution in [2.24, 2.45) is 0 Å².